The second kappa shape index (κ2) is 6.59. The van der Waals surface area contributed by atoms with Gasteiger partial charge in [-0.3, -0.25) is 4.79 Å². The maximum absolute atomic E-state index is 10.7. The highest BCUT2D eigenvalue weighted by atomic mass is 35.5. The molecule has 4 nitrogen and oxygen atoms in total. The van der Waals surface area contributed by atoms with E-state index in [1.165, 1.54) is 0 Å². The highest BCUT2D eigenvalue weighted by molar-refractivity contribution is 6.17. The van der Waals surface area contributed by atoms with Crippen LogP contribution in [0.1, 0.15) is 23.7 Å². The van der Waals surface area contributed by atoms with Gasteiger partial charge in [0.15, 0.2) is 0 Å². The van der Waals surface area contributed by atoms with Gasteiger partial charge in [0, 0.05) is 5.88 Å². The van der Waals surface area contributed by atoms with Gasteiger partial charge >= 0.3 is 5.97 Å². The first kappa shape index (κ1) is 14.0. The van der Waals surface area contributed by atoms with Crippen molar-refractivity contribution in [2.75, 3.05) is 5.88 Å². The minimum Gasteiger partial charge on any atom is -0.481 e. The lowest BCUT2D eigenvalue weighted by molar-refractivity contribution is -0.136. The van der Waals surface area contributed by atoms with Gasteiger partial charge in [-0.1, -0.05) is 24.3 Å². The molecule has 0 aromatic heterocycles. The number of alkyl halides is 1. The lowest BCUT2D eigenvalue weighted by Crippen LogP contribution is -2.20. The van der Waals surface area contributed by atoms with Crippen molar-refractivity contribution in [1.29, 1.82) is 0 Å². The van der Waals surface area contributed by atoms with Crippen LogP contribution in [0.2, 0.25) is 0 Å². The van der Waals surface area contributed by atoms with Crippen LogP contribution in [-0.2, 0) is 11.2 Å². The quantitative estimate of drug-likeness (QED) is 0.673. The molecule has 0 aliphatic rings. The summed E-state index contributed by atoms with van der Waals surface area (Å²) in [5.74, 6) is -0.740. The molecule has 0 saturated heterocycles. The first-order chi connectivity index (χ1) is 8.06. The summed E-state index contributed by atoms with van der Waals surface area (Å²) in [7, 11) is 0. The Balaban J connectivity index is 2.91. The Bertz CT molecular complexity index is 381. The number of carboxylic acids is 1. The summed E-state index contributed by atoms with van der Waals surface area (Å²) >= 11 is 5.49. The number of hydrogen-bond acceptors (Lipinski definition) is 3. The zero-order valence-corrected chi connectivity index (χ0v) is 9.97. The molecule has 2 atom stereocenters. The van der Waals surface area contributed by atoms with E-state index in [1.807, 2.05) is 0 Å². The number of halogens is 1. The molecule has 0 aliphatic heterocycles. The average Bonchev–Trinajstić information content (AvgIpc) is 2.28. The van der Waals surface area contributed by atoms with Crippen LogP contribution in [0.5, 0.6) is 0 Å². The van der Waals surface area contributed by atoms with E-state index in [0.717, 1.165) is 0 Å². The second-order valence-corrected chi connectivity index (χ2v) is 4.14. The first-order valence-electron chi connectivity index (χ1n) is 5.28. The van der Waals surface area contributed by atoms with Crippen molar-refractivity contribution in [3.05, 3.63) is 35.4 Å². The van der Waals surface area contributed by atoms with Crippen LogP contribution >= 0.6 is 11.6 Å². The minimum absolute atomic E-state index is 0.180. The van der Waals surface area contributed by atoms with Gasteiger partial charge in [-0.15, -0.1) is 11.6 Å². The molecular weight excluding hydrogens is 244 g/mol. The maximum Gasteiger partial charge on any atom is 0.307 e. The van der Waals surface area contributed by atoms with Crippen LogP contribution < -0.4 is 0 Å². The molecule has 3 N–H and O–H groups in total. The number of hydrogen-bond donors (Lipinski definition) is 3. The molecule has 0 bridgehead atoms. The van der Waals surface area contributed by atoms with E-state index in [2.05, 4.69) is 0 Å². The Labute approximate surface area is 104 Å². The summed E-state index contributed by atoms with van der Waals surface area (Å²) < 4.78 is 0. The fourth-order valence-electron chi connectivity index (χ4n) is 1.62. The van der Waals surface area contributed by atoms with Gasteiger partial charge in [-0.2, -0.15) is 0 Å². The topological polar surface area (TPSA) is 77.8 Å². The lowest BCUT2D eigenvalue weighted by Gasteiger charge is -2.19. The number of carboxylic acid groups (broad SMARTS) is 1. The van der Waals surface area contributed by atoms with E-state index in [0.29, 0.717) is 11.1 Å². The van der Waals surface area contributed by atoms with Crippen molar-refractivity contribution < 1.29 is 20.1 Å². The molecule has 17 heavy (non-hydrogen) atoms. The van der Waals surface area contributed by atoms with Gasteiger partial charge in [0.2, 0.25) is 0 Å². The molecule has 1 aromatic carbocycles. The summed E-state index contributed by atoms with van der Waals surface area (Å²) in [6, 6.07) is 6.63. The first-order valence-corrected chi connectivity index (χ1v) is 5.81. The SMILES string of the molecule is O=C(O)Cc1ccccc1C(O)C(O)CCCl. The van der Waals surface area contributed by atoms with E-state index in [1.54, 1.807) is 24.3 Å². The third kappa shape index (κ3) is 4.00. The zero-order chi connectivity index (χ0) is 12.8. The van der Waals surface area contributed by atoms with Crippen molar-refractivity contribution in [3.63, 3.8) is 0 Å². The van der Waals surface area contributed by atoms with E-state index in [9.17, 15) is 15.0 Å². The van der Waals surface area contributed by atoms with Crippen LogP contribution in [0.4, 0.5) is 0 Å². The molecule has 0 fully saturated rings. The predicted octanol–water partition coefficient (Wildman–Crippen LogP) is 1.34. The van der Waals surface area contributed by atoms with Crippen molar-refractivity contribution in [2.45, 2.75) is 25.0 Å². The van der Waals surface area contributed by atoms with Crippen molar-refractivity contribution >= 4 is 17.6 Å². The average molecular weight is 259 g/mol. The van der Waals surface area contributed by atoms with Crippen LogP contribution in [0, 0.1) is 0 Å². The number of carbonyl (C=O) groups is 1. The van der Waals surface area contributed by atoms with E-state index in [-0.39, 0.29) is 18.7 Å². The number of aliphatic hydroxyl groups is 2. The minimum atomic E-state index is -1.11. The summed E-state index contributed by atoms with van der Waals surface area (Å²) in [6.45, 7) is 0. The monoisotopic (exact) mass is 258 g/mol. The van der Waals surface area contributed by atoms with Crippen LogP contribution in [0.15, 0.2) is 24.3 Å². The van der Waals surface area contributed by atoms with Gasteiger partial charge in [0.1, 0.15) is 6.10 Å². The molecule has 0 aliphatic carbocycles. The Morgan fingerprint density at radius 2 is 1.94 bits per heavy atom. The Morgan fingerprint density at radius 1 is 1.29 bits per heavy atom. The molecule has 0 heterocycles. The fraction of sp³-hybridized carbons (Fsp3) is 0.417. The Morgan fingerprint density at radius 3 is 2.53 bits per heavy atom. The van der Waals surface area contributed by atoms with Gasteiger partial charge in [0.25, 0.3) is 0 Å². The van der Waals surface area contributed by atoms with E-state index in [4.69, 9.17) is 16.7 Å². The molecule has 1 rings (SSSR count). The number of aliphatic hydroxyl groups excluding tert-OH is 2. The number of benzene rings is 1. The highest BCUT2D eigenvalue weighted by Gasteiger charge is 2.20. The van der Waals surface area contributed by atoms with Crippen LogP contribution in [-0.4, -0.2) is 33.3 Å². The molecule has 0 spiro atoms. The Hall–Kier alpha value is -1.10. The maximum atomic E-state index is 10.7. The second-order valence-electron chi connectivity index (χ2n) is 3.76. The van der Waals surface area contributed by atoms with Gasteiger partial charge in [-0.05, 0) is 17.5 Å². The van der Waals surface area contributed by atoms with E-state index >= 15 is 0 Å². The highest BCUT2D eigenvalue weighted by Crippen LogP contribution is 2.23. The van der Waals surface area contributed by atoms with Crippen molar-refractivity contribution in [1.82, 2.24) is 0 Å². The number of aliphatic carboxylic acids is 1. The molecule has 0 saturated carbocycles. The largest absolute Gasteiger partial charge is 0.481 e. The van der Waals surface area contributed by atoms with Crippen LogP contribution in [0.3, 0.4) is 0 Å². The van der Waals surface area contributed by atoms with E-state index < -0.39 is 18.2 Å². The van der Waals surface area contributed by atoms with Gasteiger partial charge in [-0.25, -0.2) is 0 Å². The van der Waals surface area contributed by atoms with Crippen molar-refractivity contribution in [2.24, 2.45) is 0 Å². The standard InChI is InChI=1S/C12H15ClO4/c13-6-5-10(14)12(17)9-4-2-1-3-8(9)7-11(15)16/h1-4,10,12,14,17H,5-7H2,(H,15,16). The predicted molar refractivity (Wildman–Crippen MR) is 64.1 cm³/mol. The lowest BCUT2D eigenvalue weighted by atomic mass is 9.96. The zero-order valence-electron chi connectivity index (χ0n) is 9.21. The molecule has 0 radical (unpaired) electrons. The summed E-state index contributed by atoms with van der Waals surface area (Å²) in [4.78, 5) is 10.7. The van der Waals surface area contributed by atoms with Crippen LogP contribution in [0.25, 0.3) is 0 Å². The molecule has 0 amide bonds. The summed E-state index contributed by atoms with van der Waals surface area (Å²) in [5, 5.41) is 28.3. The third-order valence-corrected chi connectivity index (χ3v) is 2.70. The van der Waals surface area contributed by atoms with Gasteiger partial charge < -0.3 is 15.3 Å². The third-order valence-electron chi connectivity index (χ3n) is 2.48. The van der Waals surface area contributed by atoms with Gasteiger partial charge in [0.05, 0.1) is 12.5 Å². The van der Waals surface area contributed by atoms with Crippen molar-refractivity contribution in [3.8, 4) is 0 Å². The summed E-state index contributed by atoms with van der Waals surface area (Å²) in [5.41, 5.74) is 0.939. The fourth-order valence-corrected chi connectivity index (χ4v) is 1.85. The molecule has 1 aromatic rings. The molecular formula is C12H15ClO4. The molecule has 5 heteroatoms. The number of rotatable bonds is 6. The molecule has 2 unspecified atom stereocenters. The Kier molecular flexibility index (Phi) is 5.41. The normalized spacial score (nSPS) is 14.3. The molecule has 94 valence electrons. The smallest absolute Gasteiger partial charge is 0.307 e. The summed E-state index contributed by atoms with van der Waals surface area (Å²) in [6.07, 6.45) is -2.02.